The summed E-state index contributed by atoms with van der Waals surface area (Å²) in [5, 5.41) is 3.09. The van der Waals surface area contributed by atoms with E-state index in [4.69, 9.17) is 4.74 Å². The van der Waals surface area contributed by atoms with Gasteiger partial charge in [-0.05, 0) is 39.1 Å². The monoisotopic (exact) mass is 219 g/mol. The lowest BCUT2D eigenvalue weighted by molar-refractivity contribution is 0.308. The molecule has 0 aliphatic rings. The Hall–Kier alpha value is -1.55. The minimum Gasteiger partial charge on any atom is -0.492 e. The van der Waals surface area contributed by atoms with Crippen molar-refractivity contribution >= 4 is 5.65 Å². The molecule has 4 heteroatoms. The summed E-state index contributed by atoms with van der Waals surface area (Å²) in [6, 6.07) is 3.93. The average Bonchev–Trinajstić information content (AvgIpc) is 2.64. The lowest BCUT2D eigenvalue weighted by atomic mass is 10.4. The van der Waals surface area contributed by atoms with E-state index in [1.54, 1.807) is 0 Å². The van der Waals surface area contributed by atoms with E-state index in [0.717, 1.165) is 36.7 Å². The van der Waals surface area contributed by atoms with E-state index in [2.05, 4.69) is 10.3 Å². The molecule has 0 amide bonds. The predicted octanol–water partition coefficient (Wildman–Crippen LogP) is 1.63. The van der Waals surface area contributed by atoms with E-state index >= 15 is 0 Å². The van der Waals surface area contributed by atoms with E-state index < -0.39 is 0 Å². The fraction of sp³-hybridized carbons (Fsp3) is 0.417. The van der Waals surface area contributed by atoms with Crippen LogP contribution in [0.4, 0.5) is 0 Å². The SMILES string of the molecule is CNCCCOc1ccc2nc(C)cn2c1. The molecule has 0 aliphatic heterocycles. The molecule has 2 aromatic rings. The second-order valence-electron chi connectivity index (χ2n) is 3.82. The van der Waals surface area contributed by atoms with Gasteiger partial charge in [-0.2, -0.15) is 0 Å². The summed E-state index contributed by atoms with van der Waals surface area (Å²) in [5.74, 6) is 0.890. The fourth-order valence-electron chi connectivity index (χ4n) is 1.62. The van der Waals surface area contributed by atoms with Crippen molar-refractivity contribution in [2.24, 2.45) is 0 Å². The van der Waals surface area contributed by atoms with Gasteiger partial charge in [0.1, 0.15) is 11.4 Å². The van der Waals surface area contributed by atoms with Crippen molar-refractivity contribution in [1.29, 1.82) is 0 Å². The second-order valence-corrected chi connectivity index (χ2v) is 3.82. The number of rotatable bonds is 5. The number of ether oxygens (including phenoxy) is 1. The van der Waals surface area contributed by atoms with Crippen molar-refractivity contribution in [3.63, 3.8) is 0 Å². The van der Waals surface area contributed by atoms with E-state index in [9.17, 15) is 0 Å². The molecule has 0 fully saturated rings. The number of fused-ring (bicyclic) bond motifs is 1. The normalized spacial score (nSPS) is 10.9. The Morgan fingerprint density at radius 1 is 1.38 bits per heavy atom. The number of pyridine rings is 1. The molecule has 0 radical (unpaired) electrons. The number of nitrogens with one attached hydrogen (secondary N) is 1. The van der Waals surface area contributed by atoms with Crippen LogP contribution >= 0.6 is 0 Å². The first kappa shape index (κ1) is 11.0. The molecule has 0 aliphatic carbocycles. The van der Waals surface area contributed by atoms with Crippen LogP contribution in [-0.2, 0) is 0 Å². The van der Waals surface area contributed by atoms with Crippen molar-refractivity contribution in [1.82, 2.24) is 14.7 Å². The second kappa shape index (κ2) is 4.99. The van der Waals surface area contributed by atoms with Crippen LogP contribution in [0.15, 0.2) is 24.5 Å². The molecular weight excluding hydrogens is 202 g/mol. The summed E-state index contributed by atoms with van der Waals surface area (Å²) in [5.41, 5.74) is 1.98. The molecule has 0 atom stereocenters. The number of hydrogen-bond donors (Lipinski definition) is 1. The Kier molecular flexibility index (Phi) is 3.41. The number of nitrogens with zero attached hydrogens (tertiary/aromatic N) is 2. The topological polar surface area (TPSA) is 38.6 Å². The molecule has 86 valence electrons. The van der Waals surface area contributed by atoms with Crippen molar-refractivity contribution < 1.29 is 4.74 Å². The Labute approximate surface area is 95.3 Å². The van der Waals surface area contributed by atoms with Crippen molar-refractivity contribution in [2.45, 2.75) is 13.3 Å². The summed E-state index contributed by atoms with van der Waals surface area (Å²) in [4.78, 5) is 4.36. The highest BCUT2D eigenvalue weighted by Crippen LogP contribution is 2.13. The standard InChI is InChI=1S/C12H17N3O/c1-10-8-15-9-11(4-5-12(15)14-10)16-7-3-6-13-2/h4-5,8-9,13H,3,6-7H2,1-2H3. The maximum Gasteiger partial charge on any atom is 0.137 e. The molecule has 1 N–H and O–H groups in total. The molecule has 0 spiro atoms. The Morgan fingerprint density at radius 2 is 2.25 bits per heavy atom. The van der Waals surface area contributed by atoms with Gasteiger partial charge in [0.05, 0.1) is 18.5 Å². The summed E-state index contributed by atoms with van der Waals surface area (Å²) < 4.78 is 7.63. The minimum atomic E-state index is 0.736. The zero-order valence-electron chi connectivity index (χ0n) is 9.73. The molecule has 16 heavy (non-hydrogen) atoms. The highest BCUT2D eigenvalue weighted by atomic mass is 16.5. The summed E-state index contributed by atoms with van der Waals surface area (Å²) in [6.45, 7) is 3.70. The maximum absolute atomic E-state index is 5.64. The molecule has 0 saturated heterocycles. The molecular formula is C12H17N3O. The Morgan fingerprint density at radius 3 is 3.06 bits per heavy atom. The first-order chi connectivity index (χ1) is 7.79. The van der Waals surface area contributed by atoms with Crippen LogP contribution in [0.3, 0.4) is 0 Å². The Balaban J connectivity index is 2.02. The molecule has 4 nitrogen and oxygen atoms in total. The molecule has 0 saturated carbocycles. The lowest BCUT2D eigenvalue weighted by Crippen LogP contribution is -2.11. The summed E-state index contributed by atoms with van der Waals surface area (Å²) in [7, 11) is 1.94. The molecule has 0 unspecified atom stereocenters. The van der Waals surface area contributed by atoms with Crippen molar-refractivity contribution in [3.8, 4) is 5.75 Å². The fourth-order valence-corrected chi connectivity index (χ4v) is 1.62. The van der Waals surface area contributed by atoms with Crippen LogP contribution < -0.4 is 10.1 Å². The third-order valence-electron chi connectivity index (χ3n) is 2.38. The summed E-state index contributed by atoms with van der Waals surface area (Å²) in [6.07, 6.45) is 4.97. The van der Waals surface area contributed by atoms with Crippen molar-refractivity contribution in [3.05, 3.63) is 30.2 Å². The molecule has 0 aromatic carbocycles. The minimum absolute atomic E-state index is 0.736. The highest BCUT2D eigenvalue weighted by Gasteiger charge is 1.99. The first-order valence-electron chi connectivity index (χ1n) is 5.52. The van der Waals surface area contributed by atoms with Gasteiger partial charge in [0, 0.05) is 6.20 Å². The van der Waals surface area contributed by atoms with Crippen LogP contribution in [0.2, 0.25) is 0 Å². The lowest BCUT2D eigenvalue weighted by Gasteiger charge is -2.05. The summed E-state index contributed by atoms with van der Waals surface area (Å²) >= 11 is 0. The third kappa shape index (κ3) is 2.52. The van der Waals surface area contributed by atoms with Crippen LogP contribution in [-0.4, -0.2) is 29.6 Å². The average molecular weight is 219 g/mol. The smallest absolute Gasteiger partial charge is 0.137 e. The zero-order valence-corrected chi connectivity index (χ0v) is 9.73. The molecule has 2 aromatic heterocycles. The third-order valence-corrected chi connectivity index (χ3v) is 2.38. The van der Waals surface area contributed by atoms with E-state index in [1.807, 2.05) is 42.9 Å². The van der Waals surface area contributed by atoms with Gasteiger partial charge < -0.3 is 14.5 Å². The molecule has 0 bridgehead atoms. The van der Waals surface area contributed by atoms with Gasteiger partial charge in [-0.15, -0.1) is 0 Å². The highest BCUT2D eigenvalue weighted by molar-refractivity contribution is 5.42. The predicted molar refractivity (Wildman–Crippen MR) is 64.0 cm³/mol. The number of hydrogen-bond acceptors (Lipinski definition) is 3. The van der Waals surface area contributed by atoms with Gasteiger partial charge in [-0.1, -0.05) is 0 Å². The van der Waals surface area contributed by atoms with Gasteiger partial charge >= 0.3 is 0 Å². The van der Waals surface area contributed by atoms with Crippen LogP contribution in [0, 0.1) is 6.92 Å². The number of aromatic nitrogens is 2. The maximum atomic E-state index is 5.64. The molecule has 2 heterocycles. The molecule has 2 rings (SSSR count). The van der Waals surface area contributed by atoms with Gasteiger partial charge in [0.15, 0.2) is 0 Å². The van der Waals surface area contributed by atoms with Gasteiger partial charge in [0.2, 0.25) is 0 Å². The van der Waals surface area contributed by atoms with Crippen LogP contribution in [0.1, 0.15) is 12.1 Å². The van der Waals surface area contributed by atoms with E-state index in [0.29, 0.717) is 0 Å². The van der Waals surface area contributed by atoms with E-state index in [1.165, 1.54) is 0 Å². The van der Waals surface area contributed by atoms with Gasteiger partial charge in [-0.3, -0.25) is 0 Å². The first-order valence-corrected chi connectivity index (χ1v) is 5.52. The number of aryl methyl sites for hydroxylation is 1. The largest absolute Gasteiger partial charge is 0.492 e. The quantitative estimate of drug-likeness (QED) is 0.777. The van der Waals surface area contributed by atoms with Crippen molar-refractivity contribution in [2.75, 3.05) is 20.2 Å². The number of imidazole rings is 1. The van der Waals surface area contributed by atoms with Gasteiger partial charge in [-0.25, -0.2) is 4.98 Å². The van der Waals surface area contributed by atoms with Crippen LogP contribution in [0.5, 0.6) is 5.75 Å². The van der Waals surface area contributed by atoms with Gasteiger partial charge in [0.25, 0.3) is 0 Å². The van der Waals surface area contributed by atoms with E-state index in [-0.39, 0.29) is 0 Å². The zero-order chi connectivity index (χ0) is 11.4. The Bertz CT molecular complexity index is 464. The van der Waals surface area contributed by atoms with Crippen LogP contribution in [0.25, 0.3) is 5.65 Å².